The Labute approximate surface area is 122 Å². The monoisotopic (exact) mass is 291 g/mol. The van der Waals surface area contributed by atoms with Crippen LogP contribution in [0, 0.1) is 6.92 Å². The van der Waals surface area contributed by atoms with Crippen LogP contribution in [-0.2, 0) is 16.0 Å². The molecule has 0 radical (unpaired) electrons. The highest BCUT2D eigenvalue weighted by Gasteiger charge is 2.08. The Kier molecular flexibility index (Phi) is 5.20. The molecule has 0 aliphatic carbocycles. The van der Waals surface area contributed by atoms with Gasteiger partial charge in [-0.15, -0.1) is 10.2 Å². The smallest absolute Gasteiger partial charge is 0.228 e. The van der Waals surface area contributed by atoms with Crippen LogP contribution in [0.15, 0.2) is 24.3 Å². The Morgan fingerprint density at radius 2 is 2.05 bits per heavy atom. The fourth-order valence-corrected chi connectivity index (χ4v) is 2.42. The lowest BCUT2D eigenvalue weighted by Gasteiger charge is -1.99. The molecule has 1 heterocycles. The van der Waals surface area contributed by atoms with Crippen molar-refractivity contribution in [3.8, 4) is 0 Å². The van der Waals surface area contributed by atoms with E-state index in [0.717, 1.165) is 11.4 Å². The van der Waals surface area contributed by atoms with Gasteiger partial charge >= 0.3 is 0 Å². The summed E-state index contributed by atoms with van der Waals surface area (Å²) in [6.07, 6.45) is 1.05. The van der Waals surface area contributed by atoms with Crippen molar-refractivity contribution in [3.05, 3.63) is 40.4 Å². The molecule has 0 aliphatic heterocycles. The Hall–Kier alpha value is -1.79. The van der Waals surface area contributed by atoms with E-state index in [9.17, 15) is 4.79 Å². The van der Waals surface area contributed by atoms with Crippen LogP contribution in [0.3, 0.4) is 0 Å². The fourth-order valence-electron chi connectivity index (χ4n) is 1.63. The number of nitrogens with zero attached hydrogens (tertiary/aromatic N) is 2. The zero-order valence-electron chi connectivity index (χ0n) is 11.5. The number of amides is 1. The number of ether oxygens (including phenoxy) is 1. The van der Waals surface area contributed by atoms with E-state index in [1.54, 1.807) is 7.11 Å². The number of rotatable bonds is 6. The highest BCUT2D eigenvalue weighted by Crippen LogP contribution is 2.18. The molecular formula is C14H17N3O2S. The first kappa shape index (κ1) is 14.6. The summed E-state index contributed by atoms with van der Waals surface area (Å²) in [5.74, 6) is -0.107. The normalized spacial score (nSPS) is 10.5. The quantitative estimate of drug-likeness (QED) is 0.887. The molecule has 6 heteroatoms. The average molecular weight is 291 g/mol. The number of hydrogen-bond acceptors (Lipinski definition) is 5. The summed E-state index contributed by atoms with van der Waals surface area (Å²) in [4.78, 5) is 11.5. The van der Waals surface area contributed by atoms with E-state index in [0.29, 0.717) is 18.2 Å². The number of methoxy groups -OCH3 is 1. The van der Waals surface area contributed by atoms with Gasteiger partial charge in [-0.3, -0.25) is 4.79 Å². The van der Waals surface area contributed by atoms with Crippen molar-refractivity contribution in [1.29, 1.82) is 0 Å². The maximum atomic E-state index is 11.5. The molecule has 1 aromatic carbocycles. The molecule has 0 aliphatic rings. The summed E-state index contributed by atoms with van der Waals surface area (Å²) >= 11 is 1.40. The molecular weight excluding hydrogens is 274 g/mol. The standard InChI is InChI=1S/C14H17N3O2S/c1-10-3-5-11(6-4-10)9-13-16-17-14(20-13)15-12(18)7-8-19-2/h3-6H,7-9H2,1-2H3,(H,15,17,18). The summed E-state index contributed by atoms with van der Waals surface area (Å²) < 4.78 is 4.85. The van der Waals surface area contributed by atoms with E-state index in [2.05, 4.69) is 46.7 Å². The Bertz CT molecular complexity index is 566. The summed E-state index contributed by atoms with van der Waals surface area (Å²) in [6, 6.07) is 8.30. The number of anilines is 1. The van der Waals surface area contributed by atoms with E-state index < -0.39 is 0 Å². The van der Waals surface area contributed by atoms with Gasteiger partial charge in [0, 0.05) is 13.5 Å². The molecule has 0 spiro atoms. The molecule has 5 nitrogen and oxygen atoms in total. The number of aryl methyl sites for hydroxylation is 1. The molecule has 0 saturated heterocycles. The van der Waals surface area contributed by atoms with E-state index in [1.165, 1.54) is 22.5 Å². The zero-order chi connectivity index (χ0) is 14.4. The van der Waals surface area contributed by atoms with Gasteiger partial charge in [-0.25, -0.2) is 0 Å². The van der Waals surface area contributed by atoms with E-state index >= 15 is 0 Å². The largest absolute Gasteiger partial charge is 0.384 e. The first-order chi connectivity index (χ1) is 9.67. The molecule has 20 heavy (non-hydrogen) atoms. The van der Waals surface area contributed by atoms with Crippen LogP contribution in [0.4, 0.5) is 5.13 Å². The fraction of sp³-hybridized carbons (Fsp3) is 0.357. The minimum absolute atomic E-state index is 0.107. The lowest BCUT2D eigenvalue weighted by atomic mass is 10.1. The number of carbonyl (C=O) groups is 1. The maximum Gasteiger partial charge on any atom is 0.228 e. The molecule has 0 unspecified atom stereocenters. The number of hydrogen-bond donors (Lipinski definition) is 1. The molecule has 1 aromatic heterocycles. The van der Waals surface area contributed by atoms with Gasteiger partial charge in [-0.2, -0.15) is 0 Å². The van der Waals surface area contributed by atoms with E-state index in [-0.39, 0.29) is 5.91 Å². The van der Waals surface area contributed by atoms with E-state index in [4.69, 9.17) is 4.74 Å². The number of carbonyl (C=O) groups excluding carboxylic acids is 1. The number of nitrogens with one attached hydrogen (secondary N) is 1. The van der Waals surface area contributed by atoms with Gasteiger partial charge in [0.25, 0.3) is 0 Å². The third kappa shape index (κ3) is 4.40. The van der Waals surface area contributed by atoms with Crippen LogP contribution in [0.2, 0.25) is 0 Å². The van der Waals surface area contributed by atoms with Crippen LogP contribution in [0.1, 0.15) is 22.6 Å². The predicted molar refractivity (Wildman–Crippen MR) is 79.0 cm³/mol. The molecule has 2 rings (SSSR count). The molecule has 1 amide bonds. The van der Waals surface area contributed by atoms with Crippen molar-refractivity contribution in [2.24, 2.45) is 0 Å². The molecule has 0 fully saturated rings. The second-order valence-electron chi connectivity index (χ2n) is 4.45. The van der Waals surface area contributed by atoms with Crippen LogP contribution >= 0.6 is 11.3 Å². The molecule has 1 N–H and O–H groups in total. The van der Waals surface area contributed by atoms with Gasteiger partial charge in [0.1, 0.15) is 5.01 Å². The van der Waals surface area contributed by atoms with Crippen LogP contribution in [0.5, 0.6) is 0 Å². The molecule has 0 saturated carbocycles. The van der Waals surface area contributed by atoms with Crippen molar-refractivity contribution in [1.82, 2.24) is 10.2 Å². The van der Waals surface area contributed by atoms with Gasteiger partial charge in [0.15, 0.2) is 0 Å². The van der Waals surface area contributed by atoms with E-state index in [1.807, 2.05) is 0 Å². The van der Waals surface area contributed by atoms with Gasteiger partial charge in [-0.1, -0.05) is 41.2 Å². The highest BCUT2D eigenvalue weighted by molar-refractivity contribution is 7.15. The minimum Gasteiger partial charge on any atom is -0.384 e. The molecule has 0 bridgehead atoms. The van der Waals surface area contributed by atoms with Gasteiger partial charge < -0.3 is 10.1 Å². The third-order valence-corrected chi connectivity index (χ3v) is 3.56. The van der Waals surface area contributed by atoms with Crippen molar-refractivity contribution < 1.29 is 9.53 Å². The second kappa shape index (κ2) is 7.12. The first-order valence-corrected chi connectivity index (χ1v) is 7.16. The second-order valence-corrected chi connectivity index (χ2v) is 5.52. The average Bonchev–Trinajstić information content (AvgIpc) is 2.86. The Morgan fingerprint density at radius 1 is 1.30 bits per heavy atom. The van der Waals surface area contributed by atoms with Crippen molar-refractivity contribution in [2.75, 3.05) is 19.0 Å². The minimum atomic E-state index is -0.107. The molecule has 2 aromatic rings. The highest BCUT2D eigenvalue weighted by atomic mass is 32.1. The van der Waals surface area contributed by atoms with Crippen LogP contribution < -0.4 is 5.32 Å². The Balaban J connectivity index is 1.91. The summed E-state index contributed by atoms with van der Waals surface area (Å²) in [5, 5.41) is 12.2. The Morgan fingerprint density at radius 3 is 2.75 bits per heavy atom. The number of benzene rings is 1. The van der Waals surface area contributed by atoms with Crippen molar-refractivity contribution in [3.63, 3.8) is 0 Å². The van der Waals surface area contributed by atoms with Gasteiger partial charge in [0.05, 0.1) is 13.0 Å². The van der Waals surface area contributed by atoms with Crippen LogP contribution in [-0.4, -0.2) is 29.8 Å². The van der Waals surface area contributed by atoms with Crippen molar-refractivity contribution in [2.45, 2.75) is 19.8 Å². The summed E-state index contributed by atoms with van der Waals surface area (Å²) in [6.45, 7) is 2.46. The van der Waals surface area contributed by atoms with Crippen molar-refractivity contribution >= 4 is 22.4 Å². The molecule has 106 valence electrons. The number of aromatic nitrogens is 2. The maximum absolute atomic E-state index is 11.5. The van der Waals surface area contributed by atoms with Gasteiger partial charge in [0.2, 0.25) is 11.0 Å². The topological polar surface area (TPSA) is 64.1 Å². The van der Waals surface area contributed by atoms with Crippen LogP contribution in [0.25, 0.3) is 0 Å². The SMILES string of the molecule is COCCC(=O)Nc1nnc(Cc2ccc(C)cc2)s1. The zero-order valence-corrected chi connectivity index (χ0v) is 12.4. The summed E-state index contributed by atoms with van der Waals surface area (Å²) in [7, 11) is 1.57. The van der Waals surface area contributed by atoms with Gasteiger partial charge in [-0.05, 0) is 12.5 Å². The third-order valence-electron chi connectivity index (χ3n) is 2.72. The predicted octanol–water partition coefficient (Wildman–Crippen LogP) is 2.41. The lowest BCUT2D eigenvalue weighted by Crippen LogP contribution is -2.13. The summed E-state index contributed by atoms with van der Waals surface area (Å²) in [5.41, 5.74) is 2.42. The first-order valence-electron chi connectivity index (χ1n) is 6.34. The molecule has 0 atom stereocenters. The lowest BCUT2D eigenvalue weighted by molar-refractivity contribution is -0.117.